The van der Waals surface area contributed by atoms with Crippen molar-refractivity contribution in [1.82, 2.24) is 0 Å². The molecule has 0 amide bonds. The molecule has 12 heavy (non-hydrogen) atoms. The van der Waals surface area contributed by atoms with Crippen molar-refractivity contribution in [3.8, 4) is 0 Å². The molecule has 70 valence electrons. The van der Waals surface area contributed by atoms with E-state index >= 15 is 0 Å². The maximum absolute atomic E-state index is 9.96. The number of aliphatic carboxylic acids is 1. The van der Waals surface area contributed by atoms with Crippen molar-refractivity contribution in [1.29, 1.82) is 0 Å². The van der Waals surface area contributed by atoms with Gasteiger partial charge in [0.15, 0.2) is 0 Å². The first-order valence-corrected chi connectivity index (χ1v) is 3.87. The van der Waals surface area contributed by atoms with Crippen molar-refractivity contribution >= 4 is 58.1 Å². The van der Waals surface area contributed by atoms with Crippen LogP contribution in [0.25, 0.3) is 0 Å². The van der Waals surface area contributed by atoms with E-state index in [1.54, 1.807) is 0 Å². The van der Waals surface area contributed by atoms with Crippen molar-refractivity contribution in [2.24, 2.45) is 5.73 Å². The molecule has 6 nitrogen and oxygen atoms in total. The molecular weight excluding hydrogens is 221 g/mol. The number of carbonyl (C=O) groups is 1. The summed E-state index contributed by atoms with van der Waals surface area (Å²) in [5.41, 5.74) is 4.76. The van der Waals surface area contributed by atoms with Gasteiger partial charge in [0.1, 0.15) is 11.8 Å². The third-order valence-electron chi connectivity index (χ3n) is 0.707. The quantitative estimate of drug-likeness (QED) is 0.383. The van der Waals surface area contributed by atoms with E-state index < -0.39 is 27.9 Å². The number of halogens is 1. The first-order valence-electron chi connectivity index (χ1n) is 2.26. The number of rotatable bonds is 3. The van der Waals surface area contributed by atoms with Crippen LogP contribution in [0.5, 0.6) is 0 Å². The Balaban J connectivity index is -0.000000405. The molecule has 0 spiro atoms. The Kier molecular flexibility index (Phi) is 10.9. The van der Waals surface area contributed by atoms with Gasteiger partial charge in [-0.05, 0) is 0 Å². The number of nitrogens with two attached hydrogens (primary N) is 1. The second-order valence-electron chi connectivity index (χ2n) is 1.69. The number of carboxylic acids is 1. The van der Waals surface area contributed by atoms with Crippen LogP contribution < -0.4 is 5.73 Å². The summed E-state index contributed by atoms with van der Waals surface area (Å²) in [6.45, 7) is 0. The fraction of sp³-hybridized carbons (Fsp3) is 0.667. The molecule has 0 fully saturated rings. The summed E-state index contributed by atoms with van der Waals surface area (Å²) in [4.78, 5) is 9.88. The molecule has 0 bridgehead atoms. The van der Waals surface area contributed by atoms with Crippen LogP contribution in [0.1, 0.15) is 0 Å². The van der Waals surface area contributed by atoms with E-state index in [2.05, 4.69) is 0 Å². The average molecular weight is 230 g/mol. The topological polar surface area (TPSA) is 118 Å². The molecule has 0 saturated heterocycles. The summed E-state index contributed by atoms with van der Waals surface area (Å²) >= 11 is 0. The molecule has 0 heterocycles. The zero-order valence-corrected chi connectivity index (χ0v) is 6.93. The Hall–Kier alpha value is 0.630. The molecule has 0 saturated carbocycles. The van der Waals surface area contributed by atoms with E-state index in [0.29, 0.717) is 0 Å². The van der Waals surface area contributed by atoms with E-state index in [-0.39, 0.29) is 42.0 Å². The number of carboxylic acid groups (broad SMARTS) is 1. The second-order valence-corrected chi connectivity index (χ2v) is 3.19. The number of hydrogen-bond acceptors (Lipinski definition) is 4. The van der Waals surface area contributed by atoms with Crippen LogP contribution >= 0.6 is 12.4 Å². The van der Waals surface area contributed by atoms with E-state index in [1.807, 2.05) is 0 Å². The predicted octanol–water partition coefficient (Wildman–Crippen LogP) is -1.94. The monoisotopic (exact) mass is 229 g/mol. The Labute approximate surface area is 98.0 Å². The predicted molar refractivity (Wildman–Crippen MR) is 46.4 cm³/mol. The molecule has 0 rings (SSSR count). The van der Waals surface area contributed by atoms with Gasteiger partial charge >= 0.3 is 35.5 Å². The first kappa shape index (κ1) is 18.4. The molecule has 1 atom stereocenters. The van der Waals surface area contributed by atoms with Gasteiger partial charge < -0.3 is 10.8 Å². The Bertz CT molecular complexity index is 229. The molecule has 0 aliphatic rings. The molecule has 0 unspecified atom stereocenters. The molecule has 0 aliphatic carbocycles. The molecule has 0 aromatic rings. The third-order valence-corrected chi connectivity index (χ3v) is 1.49. The van der Waals surface area contributed by atoms with Crippen molar-refractivity contribution in [2.45, 2.75) is 6.04 Å². The molecule has 4 N–H and O–H groups in total. The van der Waals surface area contributed by atoms with Crippen LogP contribution in [0.3, 0.4) is 0 Å². The van der Waals surface area contributed by atoms with Gasteiger partial charge in [0.2, 0.25) is 0 Å². The van der Waals surface area contributed by atoms with Gasteiger partial charge in [0.05, 0.1) is 0 Å². The van der Waals surface area contributed by atoms with Gasteiger partial charge in [-0.15, -0.1) is 12.4 Å². The van der Waals surface area contributed by atoms with E-state index in [0.717, 1.165) is 0 Å². The van der Waals surface area contributed by atoms with Crippen LogP contribution in [-0.4, -0.2) is 65.4 Å². The van der Waals surface area contributed by atoms with Gasteiger partial charge in [-0.25, -0.2) is 0 Å². The second kappa shape index (κ2) is 7.07. The number of hydrogen-bond donors (Lipinski definition) is 3. The van der Waals surface area contributed by atoms with Crippen LogP contribution in [0, 0.1) is 0 Å². The molecule has 0 aromatic carbocycles. The minimum atomic E-state index is -4.27. The average Bonchev–Trinajstić information content (AvgIpc) is 1.60. The summed E-state index contributed by atoms with van der Waals surface area (Å²) < 4.78 is 28.0. The van der Waals surface area contributed by atoms with Crippen molar-refractivity contribution in [2.75, 3.05) is 5.75 Å². The van der Waals surface area contributed by atoms with Crippen LogP contribution in [0.2, 0.25) is 0 Å². The third kappa shape index (κ3) is 10.6. The van der Waals surface area contributed by atoms with E-state index in [1.165, 1.54) is 0 Å². The van der Waals surface area contributed by atoms with Crippen molar-refractivity contribution in [3.63, 3.8) is 0 Å². The van der Waals surface area contributed by atoms with E-state index in [9.17, 15) is 13.2 Å². The van der Waals surface area contributed by atoms with E-state index in [4.69, 9.17) is 15.4 Å². The Morgan fingerprint density at radius 2 is 1.83 bits per heavy atom. The van der Waals surface area contributed by atoms with Gasteiger partial charge in [-0.1, -0.05) is 0 Å². The zero-order chi connectivity index (χ0) is 8.36. The summed E-state index contributed by atoms with van der Waals surface area (Å²) in [7, 11) is -4.27. The van der Waals surface area contributed by atoms with Crippen molar-refractivity contribution in [3.05, 3.63) is 0 Å². The fourth-order valence-corrected chi connectivity index (χ4v) is 0.895. The van der Waals surface area contributed by atoms with Gasteiger partial charge in [-0.3, -0.25) is 9.35 Å². The fourth-order valence-electron chi connectivity index (χ4n) is 0.298. The molecule has 0 aromatic heterocycles. The molecule has 0 aliphatic heterocycles. The van der Waals surface area contributed by atoms with Crippen LogP contribution in [0.15, 0.2) is 0 Å². The molecule has 0 radical (unpaired) electrons. The zero-order valence-electron chi connectivity index (χ0n) is 5.30. The van der Waals surface area contributed by atoms with Gasteiger partial charge in [0.25, 0.3) is 10.1 Å². The van der Waals surface area contributed by atoms with Gasteiger partial charge in [0, 0.05) is 0 Å². The summed E-state index contributed by atoms with van der Waals surface area (Å²) in [6.07, 6.45) is 0. The SMILES string of the molecule is Cl.N[C@H](CS(=O)(=O)O)C(=O)O.[NaH]. The standard InChI is InChI=1S/C3H7NO5S.ClH.Na.H/c4-2(3(5)6)1-10(7,8)9;;;/h2H,1,4H2,(H,5,6)(H,7,8,9);1H;;/t2-;;;/m1.../s1. The Morgan fingerprint density at radius 1 is 1.50 bits per heavy atom. The van der Waals surface area contributed by atoms with Crippen LogP contribution in [-0.2, 0) is 14.9 Å². The summed E-state index contributed by atoms with van der Waals surface area (Å²) in [5.74, 6) is -2.42. The normalized spacial score (nSPS) is 12.2. The summed E-state index contributed by atoms with van der Waals surface area (Å²) in [6, 6.07) is -1.56. The molecular formula is C3H9ClNNaO5S. The first-order chi connectivity index (χ1) is 4.33. The van der Waals surface area contributed by atoms with Gasteiger partial charge in [-0.2, -0.15) is 8.42 Å². The van der Waals surface area contributed by atoms with Crippen LogP contribution in [0.4, 0.5) is 0 Å². The maximum atomic E-state index is 9.96. The molecule has 9 heteroatoms. The van der Waals surface area contributed by atoms with Crippen molar-refractivity contribution < 1.29 is 22.9 Å². The Morgan fingerprint density at radius 3 is 1.92 bits per heavy atom. The summed E-state index contributed by atoms with van der Waals surface area (Å²) in [5, 5.41) is 8.04. The minimum absolute atomic E-state index is 0.